The molecule has 2 heterocycles. The molecule has 0 amide bonds. The Morgan fingerprint density at radius 2 is 1.85 bits per heavy atom. The highest BCUT2D eigenvalue weighted by Gasteiger charge is 2.36. The van der Waals surface area contributed by atoms with Gasteiger partial charge in [-0.3, -0.25) is 5.41 Å². The molecule has 0 saturated carbocycles. The van der Waals surface area contributed by atoms with E-state index >= 15 is 0 Å². The molecule has 6 nitrogen and oxygen atoms in total. The van der Waals surface area contributed by atoms with Gasteiger partial charge in [-0.2, -0.15) is 26.3 Å². The predicted molar refractivity (Wildman–Crippen MR) is 140 cm³/mol. The summed E-state index contributed by atoms with van der Waals surface area (Å²) in [5.74, 6) is -0.129. The number of nitrogens with one attached hydrogen (secondary N) is 1. The number of benzene rings is 2. The van der Waals surface area contributed by atoms with Gasteiger partial charge in [-0.15, -0.1) is 0 Å². The van der Waals surface area contributed by atoms with Crippen LogP contribution in [-0.4, -0.2) is 42.6 Å². The van der Waals surface area contributed by atoms with Crippen molar-refractivity contribution in [3.05, 3.63) is 76.9 Å². The Morgan fingerprint density at radius 1 is 1.10 bits per heavy atom. The van der Waals surface area contributed by atoms with Gasteiger partial charge in [-0.05, 0) is 55.2 Å². The van der Waals surface area contributed by atoms with Crippen LogP contribution in [-0.2, 0) is 17.1 Å². The second-order valence-electron chi connectivity index (χ2n) is 9.28. The van der Waals surface area contributed by atoms with Crippen LogP contribution in [0.1, 0.15) is 47.9 Å². The molecule has 2 aliphatic rings. The Kier molecular flexibility index (Phi) is 8.75. The van der Waals surface area contributed by atoms with Gasteiger partial charge in [0, 0.05) is 18.5 Å². The third-order valence-electron chi connectivity index (χ3n) is 6.45. The summed E-state index contributed by atoms with van der Waals surface area (Å²) in [6, 6.07) is 7.93. The number of likely N-dealkylation sites (tertiary alicyclic amines) is 1. The van der Waals surface area contributed by atoms with E-state index in [1.54, 1.807) is 23.1 Å². The molecule has 0 spiro atoms. The molecule has 2 aromatic carbocycles. The first-order chi connectivity index (χ1) is 18.9. The summed E-state index contributed by atoms with van der Waals surface area (Å²) in [5, 5.41) is 7.78. The maximum Gasteiger partial charge on any atom is 0.419 e. The van der Waals surface area contributed by atoms with Crippen molar-refractivity contribution in [1.29, 1.82) is 5.41 Å². The van der Waals surface area contributed by atoms with E-state index in [0.29, 0.717) is 43.2 Å². The average Bonchev–Trinajstić information content (AvgIpc) is 3.26. The van der Waals surface area contributed by atoms with Crippen LogP contribution in [0.4, 0.5) is 26.3 Å². The SMILES string of the molecule is N=C(N)N1CCC[C@H]1C1=NC(c2ccc(OCC/C=C/c3ccc(C(F)(F)F)cc3)c(C(F)(F)F)c2)=CCCO1. The topological polar surface area (TPSA) is 83.9 Å². The van der Waals surface area contributed by atoms with Crippen LogP contribution in [0.25, 0.3) is 11.8 Å². The molecule has 0 unspecified atom stereocenters. The number of hydrogen-bond acceptors (Lipinski definition) is 4. The Labute approximate surface area is 227 Å². The number of alkyl halides is 6. The minimum atomic E-state index is -4.69. The maximum absolute atomic E-state index is 14.0. The number of guanidine groups is 1. The minimum Gasteiger partial charge on any atom is -0.493 e. The standard InChI is InChI=1S/C28H28F6N4O2/c29-27(30,31)20-11-8-18(9-12-20)5-1-2-15-39-24-13-10-19(17-21(24)28(32,33)34)22-6-4-16-40-25(37-22)23-7-3-14-38(23)26(35)36/h1,5-6,8-13,17,23H,2-4,7,14-16H2,(H3,35,36)/b5-1+/t23-/m0/s1. The molecule has 4 rings (SSSR count). The molecule has 1 fully saturated rings. The summed E-state index contributed by atoms with van der Waals surface area (Å²) in [5.41, 5.74) is 5.07. The zero-order valence-electron chi connectivity index (χ0n) is 21.4. The zero-order valence-corrected chi connectivity index (χ0v) is 21.4. The first-order valence-corrected chi connectivity index (χ1v) is 12.6. The molecule has 40 heavy (non-hydrogen) atoms. The number of rotatable bonds is 7. The fraction of sp³-hybridized carbons (Fsp3) is 0.357. The van der Waals surface area contributed by atoms with E-state index in [9.17, 15) is 26.3 Å². The number of nitrogens with two attached hydrogens (primary N) is 1. The number of aliphatic imine (C=N–C) groups is 1. The first kappa shape index (κ1) is 29.0. The Hall–Kier alpha value is -3.96. The zero-order chi connectivity index (χ0) is 28.9. The van der Waals surface area contributed by atoms with Crippen LogP contribution in [0.15, 0.2) is 59.6 Å². The van der Waals surface area contributed by atoms with Crippen molar-refractivity contribution in [3.63, 3.8) is 0 Å². The van der Waals surface area contributed by atoms with Gasteiger partial charge in [0.2, 0.25) is 5.90 Å². The minimum absolute atomic E-state index is 0.0685. The lowest BCUT2D eigenvalue weighted by molar-refractivity contribution is -0.139. The summed E-state index contributed by atoms with van der Waals surface area (Å²) in [6.45, 7) is 0.810. The molecule has 2 aromatic rings. The summed E-state index contributed by atoms with van der Waals surface area (Å²) < 4.78 is 91.1. The lowest BCUT2D eigenvalue weighted by Gasteiger charge is -2.25. The van der Waals surface area contributed by atoms with Gasteiger partial charge >= 0.3 is 12.4 Å². The van der Waals surface area contributed by atoms with Crippen LogP contribution in [0.2, 0.25) is 0 Å². The fourth-order valence-electron chi connectivity index (χ4n) is 4.50. The van der Waals surface area contributed by atoms with E-state index in [2.05, 4.69) is 4.99 Å². The van der Waals surface area contributed by atoms with Gasteiger partial charge in [-0.1, -0.05) is 30.4 Å². The number of nitrogens with zero attached hydrogens (tertiary/aromatic N) is 2. The maximum atomic E-state index is 14.0. The van der Waals surface area contributed by atoms with Gasteiger partial charge in [0.25, 0.3) is 0 Å². The summed E-state index contributed by atoms with van der Waals surface area (Å²) in [6.07, 6.45) is -2.08. The monoisotopic (exact) mass is 566 g/mol. The van der Waals surface area contributed by atoms with E-state index in [-0.39, 0.29) is 36.3 Å². The lowest BCUT2D eigenvalue weighted by Crippen LogP contribution is -2.44. The summed E-state index contributed by atoms with van der Waals surface area (Å²) >= 11 is 0. The highest BCUT2D eigenvalue weighted by atomic mass is 19.4. The quantitative estimate of drug-likeness (QED) is 0.169. The molecule has 2 aliphatic heterocycles. The van der Waals surface area contributed by atoms with E-state index in [0.717, 1.165) is 24.6 Å². The number of ether oxygens (including phenoxy) is 2. The molecule has 3 N–H and O–H groups in total. The van der Waals surface area contributed by atoms with Gasteiger partial charge in [0.05, 0.1) is 30.0 Å². The van der Waals surface area contributed by atoms with Gasteiger partial charge in [0.15, 0.2) is 5.96 Å². The molecule has 12 heteroatoms. The van der Waals surface area contributed by atoms with Crippen molar-refractivity contribution < 1.29 is 35.8 Å². The third kappa shape index (κ3) is 7.16. The van der Waals surface area contributed by atoms with Crippen LogP contribution in [0, 0.1) is 5.41 Å². The van der Waals surface area contributed by atoms with E-state index in [1.165, 1.54) is 24.3 Å². The van der Waals surface area contributed by atoms with E-state index in [4.69, 9.17) is 20.6 Å². The van der Waals surface area contributed by atoms with Crippen molar-refractivity contribution in [2.75, 3.05) is 19.8 Å². The molecule has 0 bridgehead atoms. The number of hydrogen-bond donors (Lipinski definition) is 2. The second-order valence-corrected chi connectivity index (χ2v) is 9.28. The first-order valence-electron chi connectivity index (χ1n) is 12.6. The van der Waals surface area contributed by atoms with Crippen LogP contribution >= 0.6 is 0 Å². The van der Waals surface area contributed by atoms with Crippen molar-refractivity contribution in [2.45, 2.75) is 44.1 Å². The fourth-order valence-corrected chi connectivity index (χ4v) is 4.50. The normalized spacial score (nSPS) is 18.2. The van der Waals surface area contributed by atoms with Crippen LogP contribution in [0.3, 0.4) is 0 Å². The highest BCUT2D eigenvalue weighted by Crippen LogP contribution is 2.39. The van der Waals surface area contributed by atoms with Crippen molar-refractivity contribution in [2.24, 2.45) is 10.7 Å². The van der Waals surface area contributed by atoms with Crippen molar-refractivity contribution in [1.82, 2.24) is 4.90 Å². The average molecular weight is 567 g/mol. The number of halogens is 6. The predicted octanol–water partition coefficient (Wildman–Crippen LogP) is 6.72. The van der Waals surface area contributed by atoms with Gasteiger partial charge in [-0.25, -0.2) is 4.99 Å². The smallest absolute Gasteiger partial charge is 0.419 e. The molecule has 0 aromatic heterocycles. The molecule has 0 aliphatic carbocycles. The molecular weight excluding hydrogens is 538 g/mol. The Morgan fingerprint density at radius 3 is 2.52 bits per heavy atom. The Bertz CT molecular complexity index is 1300. The highest BCUT2D eigenvalue weighted by molar-refractivity contribution is 5.92. The third-order valence-corrected chi connectivity index (χ3v) is 6.45. The second kappa shape index (κ2) is 12.1. The summed E-state index contributed by atoms with van der Waals surface area (Å²) in [4.78, 5) is 6.19. The van der Waals surface area contributed by atoms with E-state index in [1.807, 2.05) is 0 Å². The van der Waals surface area contributed by atoms with Gasteiger partial charge < -0.3 is 20.1 Å². The van der Waals surface area contributed by atoms with E-state index < -0.39 is 23.5 Å². The van der Waals surface area contributed by atoms with Crippen molar-refractivity contribution >= 4 is 23.6 Å². The molecular formula is C28H28F6N4O2. The lowest BCUT2D eigenvalue weighted by atomic mass is 10.1. The summed E-state index contributed by atoms with van der Waals surface area (Å²) in [7, 11) is 0. The molecule has 0 radical (unpaired) electrons. The molecule has 1 atom stereocenters. The molecule has 214 valence electrons. The largest absolute Gasteiger partial charge is 0.493 e. The van der Waals surface area contributed by atoms with Gasteiger partial charge in [0.1, 0.15) is 11.8 Å². The van der Waals surface area contributed by atoms with Crippen molar-refractivity contribution in [3.8, 4) is 5.75 Å². The molecule has 1 saturated heterocycles. The Balaban J connectivity index is 1.46. The van der Waals surface area contributed by atoms with Crippen LogP contribution < -0.4 is 10.5 Å². The van der Waals surface area contributed by atoms with Crippen LogP contribution in [0.5, 0.6) is 5.75 Å².